The molecule has 4 unspecified atom stereocenters. The van der Waals surface area contributed by atoms with E-state index in [9.17, 15) is 9.59 Å². The fourth-order valence-corrected chi connectivity index (χ4v) is 4.99. The molecule has 2 aliphatic carbocycles. The molecule has 0 aromatic carbocycles. The highest BCUT2D eigenvalue weighted by Crippen LogP contribution is 2.57. The van der Waals surface area contributed by atoms with Crippen molar-refractivity contribution in [2.75, 3.05) is 13.7 Å². The summed E-state index contributed by atoms with van der Waals surface area (Å²) in [6.07, 6.45) is 6.83. The van der Waals surface area contributed by atoms with E-state index < -0.39 is 0 Å². The van der Waals surface area contributed by atoms with Gasteiger partial charge >= 0.3 is 11.9 Å². The molecule has 2 saturated carbocycles. The van der Waals surface area contributed by atoms with Crippen LogP contribution in [0.4, 0.5) is 0 Å². The maximum atomic E-state index is 11.4. The number of hydrogen-bond donors (Lipinski definition) is 0. The summed E-state index contributed by atoms with van der Waals surface area (Å²) in [4.78, 5) is 22.5. The summed E-state index contributed by atoms with van der Waals surface area (Å²) in [6, 6.07) is 0. The van der Waals surface area contributed by atoms with Crippen LogP contribution in [-0.4, -0.2) is 37.9 Å². The maximum Gasteiger partial charge on any atom is 0.305 e. The van der Waals surface area contributed by atoms with E-state index in [0.717, 1.165) is 25.7 Å². The molecule has 0 aromatic rings. The van der Waals surface area contributed by atoms with E-state index in [0.29, 0.717) is 31.3 Å². The zero-order valence-corrected chi connectivity index (χ0v) is 15.5. The van der Waals surface area contributed by atoms with Gasteiger partial charge in [-0.1, -0.05) is 6.92 Å². The molecular formula is C19H32O5. The van der Waals surface area contributed by atoms with Gasteiger partial charge in [-0.25, -0.2) is 0 Å². The number of hydrogen-bond acceptors (Lipinski definition) is 5. The van der Waals surface area contributed by atoms with E-state index in [2.05, 4.69) is 18.6 Å². The highest BCUT2D eigenvalue weighted by molar-refractivity contribution is 5.69. The van der Waals surface area contributed by atoms with Crippen molar-refractivity contribution in [3.05, 3.63) is 0 Å². The summed E-state index contributed by atoms with van der Waals surface area (Å²) < 4.78 is 16.3. The summed E-state index contributed by atoms with van der Waals surface area (Å²) in [6.45, 7) is 6.58. The van der Waals surface area contributed by atoms with Crippen molar-refractivity contribution in [2.24, 2.45) is 17.3 Å². The van der Waals surface area contributed by atoms with Crippen LogP contribution in [0.15, 0.2) is 0 Å². The molecule has 2 aliphatic rings. The molecule has 5 nitrogen and oxygen atoms in total. The summed E-state index contributed by atoms with van der Waals surface area (Å²) >= 11 is 0. The summed E-state index contributed by atoms with van der Waals surface area (Å²) in [5.41, 5.74) is 0.181. The Hall–Kier alpha value is -1.10. The lowest BCUT2D eigenvalue weighted by Crippen LogP contribution is -2.44. The minimum atomic E-state index is -0.185. The second kappa shape index (κ2) is 8.32. The van der Waals surface area contributed by atoms with E-state index in [1.165, 1.54) is 20.5 Å². The second-order valence-electron chi connectivity index (χ2n) is 7.59. The van der Waals surface area contributed by atoms with Crippen molar-refractivity contribution in [1.29, 1.82) is 0 Å². The molecule has 5 heteroatoms. The van der Waals surface area contributed by atoms with Crippen LogP contribution in [0.25, 0.3) is 0 Å². The minimum absolute atomic E-state index is 0.0674. The van der Waals surface area contributed by atoms with E-state index >= 15 is 0 Å². The van der Waals surface area contributed by atoms with Crippen LogP contribution in [0, 0.1) is 17.3 Å². The third-order valence-electron chi connectivity index (χ3n) is 6.15. The van der Waals surface area contributed by atoms with E-state index in [1.807, 2.05) is 0 Å². The van der Waals surface area contributed by atoms with Crippen LogP contribution in [0.3, 0.4) is 0 Å². The number of esters is 2. The predicted octanol–water partition coefficient (Wildman–Crippen LogP) is 3.49. The van der Waals surface area contributed by atoms with Crippen molar-refractivity contribution in [1.82, 2.24) is 0 Å². The van der Waals surface area contributed by atoms with Crippen molar-refractivity contribution in [3.63, 3.8) is 0 Å². The van der Waals surface area contributed by atoms with Crippen molar-refractivity contribution in [3.8, 4) is 0 Å². The van der Waals surface area contributed by atoms with Crippen LogP contribution in [0.2, 0.25) is 0 Å². The number of methoxy groups -OCH3 is 1. The Balaban J connectivity index is 1.89. The van der Waals surface area contributed by atoms with Crippen molar-refractivity contribution in [2.45, 2.75) is 77.9 Å². The van der Waals surface area contributed by atoms with Gasteiger partial charge in [0.25, 0.3) is 0 Å². The average Bonchev–Trinajstić information content (AvgIpc) is 2.88. The number of carbonyl (C=O) groups is 2. The van der Waals surface area contributed by atoms with Gasteiger partial charge in [-0.05, 0) is 56.8 Å². The fraction of sp³-hybridized carbons (Fsp3) is 0.895. The zero-order chi connectivity index (χ0) is 17.7. The molecule has 0 amide bonds. The molecule has 138 valence electrons. The first-order valence-corrected chi connectivity index (χ1v) is 9.24. The lowest BCUT2D eigenvalue weighted by Gasteiger charge is -2.45. The molecular weight excluding hydrogens is 308 g/mol. The third kappa shape index (κ3) is 4.29. The topological polar surface area (TPSA) is 61.8 Å². The Bertz CT molecular complexity index is 449. The number of ether oxygens (including phenoxy) is 3. The van der Waals surface area contributed by atoms with Gasteiger partial charge in [0.05, 0.1) is 13.2 Å². The van der Waals surface area contributed by atoms with Gasteiger partial charge in [0.1, 0.15) is 6.10 Å². The van der Waals surface area contributed by atoms with Gasteiger partial charge in [-0.3, -0.25) is 9.59 Å². The molecule has 0 radical (unpaired) electrons. The molecule has 2 rings (SSSR count). The quantitative estimate of drug-likeness (QED) is 0.524. The minimum Gasteiger partial charge on any atom is -0.469 e. The molecule has 0 aromatic heterocycles. The van der Waals surface area contributed by atoms with Gasteiger partial charge in [0.15, 0.2) is 0 Å². The van der Waals surface area contributed by atoms with Crippen molar-refractivity contribution < 1.29 is 23.8 Å². The van der Waals surface area contributed by atoms with Gasteiger partial charge in [-0.2, -0.15) is 0 Å². The molecule has 24 heavy (non-hydrogen) atoms. The first-order valence-electron chi connectivity index (χ1n) is 9.24. The van der Waals surface area contributed by atoms with Crippen LogP contribution >= 0.6 is 0 Å². The van der Waals surface area contributed by atoms with E-state index in [4.69, 9.17) is 9.47 Å². The number of carbonyl (C=O) groups excluding carboxylic acids is 2. The lowest BCUT2D eigenvalue weighted by atomic mass is 9.63. The van der Waals surface area contributed by atoms with E-state index in [1.54, 1.807) is 0 Å². The predicted molar refractivity (Wildman–Crippen MR) is 90.4 cm³/mol. The third-order valence-corrected chi connectivity index (χ3v) is 6.15. The molecule has 2 fully saturated rings. The molecule has 0 spiro atoms. The molecule has 5 atom stereocenters. The molecule has 0 N–H and O–H groups in total. The average molecular weight is 340 g/mol. The molecule has 0 saturated heterocycles. The number of fused-ring (bicyclic) bond motifs is 1. The Morgan fingerprint density at radius 1 is 1.25 bits per heavy atom. The smallest absolute Gasteiger partial charge is 0.305 e. The van der Waals surface area contributed by atoms with Crippen LogP contribution < -0.4 is 0 Å². The van der Waals surface area contributed by atoms with Gasteiger partial charge in [-0.15, -0.1) is 0 Å². The highest BCUT2D eigenvalue weighted by Gasteiger charge is 2.53. The first kappa shape index (κ1) is 19.2. The Kier molecular flexibility index (Phi) is 6.67. The maximum absolute atomic E-state index is 11.4. The van der Waals surface area contributed by atoms with Crippen molar-refractivity contribution >= 4 is 11.9 Å². The van der Waals surface area contributed by atoms with E-state index in [-0.39, 0.29) is 29.6 Å². The fourth-order valence-electron chi connectivity index (χ4n) is 4.99. The molecule has 0 bridgehead atoms. The zero-order valence-electron chi connectivity index (χ0n) is 15.5. The Morgan fingerprint density at radius 2 is 2.00 bits per heavy atom. The highest BCUT2D eigenvalue weighted by atomic mass is 16.5. The van der Waals surface area contributed by atoms with Gasteiger partial charge in [0, 0.05) is 25.9 Å². The summed E-state index contributed by atoms with van der Waals surface area (Å²) in [5.74, 6) is 0.579. The van der Waals surface area contributed by atoms with Gasteiger partial charge in [0.2, 0.25) is 0 Å². The number of rotatable bonds is 7. The lowest BCUT2D eigenvalue weighted by molar-refractivity contribution is -0.156. The standard InChI is InChI=1S/C19H32O5/c1-13(23-12-6-8-18(21)22-4)15-9-10-16-17(24-14(2)20)7-5-11-19(15,16)3/h13,15-17H,5-12H2,1-4H3/t13-,15?,16?,17?,19?/m1/s1. The summed E-state index contributed by atoms with van der Waals surface area (Å²) in [7, 11) is 1.41. The molecule has 0 aliphatic heterocycles. The van der Waals surface area contributed by atoms with Crippen LogP contribution in [-0.2, 0) is 23.8 Å². The Morgan fingerprint density at radius 3 is 2.67 bits per heavy atom. The normalized spacial score (nSPS) is 33.6. The van der Waals surface area contributed by atoms with Gasteiger partial charge < -0.3 is 14.2 Å². The Labute approximate surface area is 145 Å². The summed E-state index contributed by atoms with van der Waals surface area (Å²) in [5, 5.41) is 0. The SMILES string of the molecule is COC(=O)CCCO[C@H](C)C1CCC2C(OC(C)=O)CCCC21C. The first-order chi connectivity index (χ1) is 11.4. The van der Waals surface area contributed by atoms with Crippen LogP contribution in [0.5, 0.6) is 0 Å². The monoisotopic (exact) mass is 340 g/mol. The second-order valence-corrected chi connectivity index (χ2v) is 7.59. The van der Waals surface area contributed by atoms with Crippen LogP contribution in [0.1, 0.15) is 65.7 Å². The molecule has 0 heterocycles. The largest absolute Gasteiger partial charge is 0.469 e.